The molecule has 3 nitrogen and oxygen atoms in total. The topological polar surface area (TPSA) is 41.1 Å². The van der Waals surface area contributed by atoms with Crippen LogP contribution in [0.15, 0.2) is 0 Å². The highest BCUT2D eigenvalue weighted by atomic mass is 16.2. The largest absolute Gasteiger partial charge is 0.353 e. The summed E-state index contributed by atoms with van der Waals surface area (Å²) < 4.78 is 0. The van der Waals surface area contributed by atoms with Crippen LogP contribution in [-0.4, -0.2) is 24.5 Å². The van der Waals surface area contributed by atoms with Gasteiger partial charge < -0.3 is 10.6 Å². The second-order valence-corrected chi connectivity index (χ2v) is 6.71. The second kappa shape index (κ2) is 6.05. The van der Waals surface area contributed by atoms with Crippen LogP contribution in [0.1, 0.15) is 52.9 Å². The average Bonchev–Trinajstić information content (AvgIpc) is 2.28. The molecular formula is C15H28N2O. The summed E-state index contributed by atoms with van der Waals surface area (Å²) in [5.74, 6) is 1.97. The molecule has 2 rings (SSSR count). The van der Waals surface area contributed by atoms with Crippen LogP contribution in [0.3, 0.4) is 0 Å². The van der Waals surface area contributed by atoms with Crippen LogP contribution in [0.4, 0.5) is 0 Å². The number of hydrogen-bond donors (Lipinski definition) is 2. The van der Waals surface area contributed by atoms with Crippen molar-refractivity contribution in [1.82, 2.24) is 10.6 Å². The van der Waals surface area contributed by atoms with E-state index in [2.05, 4.69) is 31.4 Å². The van der Waals surface area contributed by atoms with Crippen molar-refractivity contribution in [3.63, 3.8) is 0 Å². The molecule has 0 aromatic heterocycles. The van der Waals surface area contributed by atoms with Crippen molar-refractivity contribution in [2.24, 2.45) is 17.8 Å². The van der Waals surface area contributed by atoms with E-state index >= 15 is 0 Å². The normalized spacial score (nSPS) is 41.4. The Morgan fingerprint density at radius 3 is 2.28 bits per heavy atom. The molecule has 2 fully saturated rings. The Bertz CT molecular complexity index is 274. The highest BCUT2D eigenvalue weighted by molar-refractivity contribution is 5.79. The maximum Gasteiger partial charge on any atom is 0.224 e. The van der Waals surface area contributed by atoms with Gasteiger partial charge in [-0.1, -0.05) is 13.8 Å². The molecule has 0 bridgehead atoms. The van der Waals surface area contributed by atoms with Gasteiger partial charge in [0.05, 0.1) is 5.92 Å². The predicted octanol–water partition coefficient (Wildman–Crippen LogP) is 2.32. The predicted molar refractivity (Wildman–Crippen MR) is 74.3 cm³/mol. The molecule has 3 heteroatoms. The Morgan fingerprint density at radius 1 is 1.06 bits per heavy atom. The quantitative estimate of drug-likeness (QED) is 0.792. The number of carbonyl (C=O) groups excluding carboxylic acids is 1. The molecule has 1 amide bonds. The number of carbonyl (C=O) groups is 1. The van der Waals surface area contributed by atoms with Crippen LogP contribution >= 0.6 is 0 Å². The molecule has 0 aromatic carbocycles. The van der Waals surface area contributed by atoms with E-state index in [0.29, 0.717) is 12.1 Å². The van der Waals surface area contributed by atoms with E-state index in [0.717, 1.165) is 44.1 Å². The average molecular weight is 252 g/mol. The SMILES string of the molecule is CC1CC(C)CC(NC(=O)C2CCC(C)NC2)C1. The Hall–Kier alpha value is -0.570. The summed E-state index contributed by atoms with van der Waals surface area (Å²) in [7, 11) is 0. The van der Waals surface area contributed by atoms with E-state index < -0.39 is 0 Å². The van der Waals surface area contributed by atoms with E-state index in [1.165, 1.54) is 6.42 Å². The lowest BCUT2D eigenvalue weighted by atomic mass is 9.80. The number of amides is 1. The van der Waals surface area contributed by atoms with Crippen molar-refractivity contribution in [2.45, 2.75) is 65.0 Å². The van der Waals surface area contributed by atoms with Gasteiger partial charge in [0, 0.05) is 18.6 Å². The molecule has 0 radical (unpaired) electrons. The van der Waals surface area contributed by atoms with Crippen molar-refractivity contribution in [1.29, 1.82) is 0 Å². The summed E-state index contributed by atoms with van der Waals surface area (Å²) in [4.78, 5) is 12.2. The zero-order valence-electron chi connectivity index (χ0n) is 12.0. The van der Waals surface area contributed by atoms with Crippen LogP contribution in [-0.2, 0) is 4.79 Å². The van der Waals surface area contributed by atoms with Crippen LogP contribution < -0.4 is 10.6 Å². The monoisotopic (exact) mass is 252 g/mol. The van der Waals surface area contributed by atoms with Crippen LogP contribution in [0.2, 0.25) is 0 Å². The van der Waals surface area contributed by atoms with Gasteiger partial charge in [0.2, 0.25) is 5.91 Å². The van der Waals surface area contributed by atoms with Gasteiger partial charge in [-0.15, -0.1) is 0 Å². The standard InChI is InChI=1S/C15H28N2O/c1-10-6-11(2)8-14(7-10)17-15(18)13-5-4-12(3)16-9-13/h10-14,16H,4-9H2,1-3H3,(H,17,18). The lowest BCUT2D eigenvalue weighted by Gasteiger charge is -2.34. The molecule has 104 valence electrons. The highest BCUT2D eigenvalue weighted by Gasteiger charge is 2.29. The van der Waals surface area contributed by atoms with E-state index in [1.807, 2.05) is 0 Å². The van der Waals surface area contributed by atoms with Gasteiger partial charge in [0.1, 0.15) is 0 Å². The first-order valence-electron chi connectivity index (χ1n) is 7.58. The summed E-state index contributed by atoms with van der Waals surface area (Å²) >= 11 is 0. The van der Waals surface area contributed by atoms with Gasteiger partial charge >= 0.3 is 0 Å². The van der Waals surface area contributed by atoms with Crippen molar-refractivity contribution < 1.29 is 4.79 Å². The first-order chi connectivity index (χ1) is 8.54. The number of hydrogen-bond acceptors (Lipinski definition) is 2. The number of rotatable bonds is 2. The van der Waals surface area contributed by atoms with Gasteiger partial charge in [0.25, 0.3) is 0 Å². The Balaban J connectivity index is 1.80. The third kappa shape index (κ3) is 3.71. The summed E-state index contributed by atoms with van der Waals surface area (Å²) in [6, 6.07) is 0.986. The zero-order valence-corrected chi connectivity index (χ0v) is 12.0. The minimum atomic E-state index is 0.189. The third-order valence-electron chi connectivity index (χ3n) is 4.56. The summed E-state index contributed by atoms with van der Waals surface area (Å²) in [5, 5.41) is 6.69. The van der Waals surface area contributed by atoms with Crippen molar-refractivity contribution in [2.75, 3.05) is 6.54 Å². The minimum absolute atomic E-state index is 0.189. The molecular weight excluding hydrogens is 224 g/mol. The van der Waals surface area contributed by atoms with Crippen LogP contribution in [0, 0.1) is 17.8 Å². The van der Waals surface area contributed by atoms with E-state index in [-0.39, 0.29) is 11.8 Å². The molecule has 1 saturated carbocycles. The van der Waals surface area contributed by atoms with Crippen LogP contribution in [0.5, 0.6) is 0 Å². The molecule has 0 spiro atoms. The van der Waals surface area contributed by atoms with Crippen LogP contribution in [0.25, 0.3) is 0 Å². The van der Waals surface area contributed by atoms with Gasteiger partial charge in [-0.3, -0.25) is 4.79 Å². The summed E-state index contributed by atoms with van der Waals surface area (Å²) in [5.41, 5.74) is 0. The number of piperidine rings is 1. The van der Waals surface area contributed by atoms with Gasteiger partial charge in [-0.2, -0.15) is 0 Å². The van der Waals surface area contributed by atoms with Gasteiger partial charge in [-0.25, -0.2) is 0 Å². The summed E-state index contributed by atoms with van der Waals surface area (Å²) in [6.07, 6.45) is 5.79. The van der Waals surface area contributed by atoms with Crippen molar-refractivity contribution in [3.05, 3.63) is 0 Å². The Labute approximate surface area is 111 Å². The molecule has 2 N–H and O–H groups in total. The van der Waals surface area contributed by atoms with E-state index in [1.54, 1.807) is 0 Å². The summed E-state index contributed by atoms with van der Waals surface area (Å²) in [6.45, 7) is 7.65. The van der Waals surface area contributed by atoms with Gasteiger partial charge in [-0.05, 0) is 50.9 Å². The van der Waals surface area contributed by atoms with E-state index in [4.69, 9.17) is 0 Å². The fourth-order valence-corrected chi connectivity index (χ4v) is 3.61. The van der Waals surface area contributed by atoms with E-state index in [9.17, 15) is 4.79 Å². The smallest absolute Gasteiger partial charge is 0.224 e. The minimum Gasteiger partial charge on any atom is -0.353 e. The fourth-order valence-electron chi connectivity index (χ4n) is 3.61. The third-order valence-corrected chi connectivity index (χ3v) is 4.56. The molecule has 1 aliphatic carbocycles. The number of nitrogens with one attached hydrogen (secondary N) is 2. The molecule has 1 saturated heterocycles. The highest BCUT2D eigenvalue weighted by Crippen LogP contribution is 2.28. The lowest BCUT2D eigenvalue weighted by molar-refractivity contribution is -0.126. The van der Waals surface area contributed by atoms with Gasteiger partial charge in [0.15, 0.2) is 0 Å². The molecule has 1 heterocycles. The first-order valence-corrected chi connectivity index (χ1v) is 7.58. The fraction of sp³-hybridized carbons (Fsp3) is 0.933. The maximum absolute atomic E-state index is 12.2. The lowest BCUT2D eigenvalue weighted by Crippen LogP contribution is -2.48. The maximum atomic E-state index is 12.2. The molecule has 2 aliphatic rings. The first kappa shape index (κ1) is 13.9. The van der Waals surface area contributed by atoms with Crippen molar-refractivity contribution >= 4 is 5.91 Å². The Morgan fingerprint density at radius 2 is 1.72 bits per heavy atom. The molecule has 4 atom stereocenters. The Kier molecular flexibility index (Phi) is 4.66. The molecule has 18 heavy (non-hydrogen) atoms. The second-order valence-electron chi connectivity index (χ2n) is 6.71. The zero-order chi connectivity index (χ0) is 13.1. The molecule has 4 unspecified atom stereocenters. The molecule has 1 aliphatic heterocycles. The molecule has 0 aromatic rings. The van der Waals surface area contributed by atoms with Crippen molar-refractivity contribution in [3.8, 4) is 0 Å².